The van der Waals surface area contributed by atoms with Gasteiger partial charge in [0.15, 0.2) is 0 Å². The Kier molecular flexibility index (Phi) is 5.12. The van der Waals surface area contributed by atoms with E-state index in [1.54, 1.807) is 0 Å². The molecule has 1 fully saturated rings. The second-order valence-electron chi connectivity index (χ2n) is 7.24. The zero-order chi connectivity index (χ0) is 15.7. The summed E-state index contributed by atoms with van der Waals surface area (Å²) in [6.45, 7) is 12.9. The van der Waals surface area contributed by atoms with Gasteiger partial charge >= 0.3 is 7.12 Å². The van der Waals surface area contributed by atoms with Gasteiger partial charge in [-0.15, -0.1) is 0 Å². The molecular formula is C17H27BO2S. The molecule has 1 aliphatic heterocycles. The molecule has 1 aromatic carbocycles. The van der Waals surface area contributed by atoms with Crippen molar-refractivity contribution in [3.63, 3.8) is 0 Å². The fraction of sp³-hybridized carbons (Fsp3) is 0.647. The molecule has 0 spiro atoms. The Labute approximate surface area is 134 Å². The smallest absolute Gasteiger partial charge is 0.399 e. The van der Waals surface area contributed by atoms with Crippen LogP contribution >= 0.6 is 11.8 Å². The van der Waals surface area contributed by atoms with Crippen molar-refractivity contribution in [2.75, 3.05) is 5.75 Å². The molecule has 0 saturated carbocycles. The molecule has 1 saturated heterocycles. The van der Waals surface area contributed by atoms with Crippen LogP contribution in [0, 0.1) is 5.92 Å². The third kappa shape index (κ3) is 4.05. The van der Waals surface area contributed by atoms with Crippen LogP contribution in [-0.2, 0) is 15.1 Å². The summed E-state index contributed by atoms with van der Waals surface area (Å²) in [6, 6.07) is 8.60. The average molecular weight is 306 g/mol. The first-order valence-electron chi connectivity index (χ1n) is 7.73. The Morgan fingerprint density at radius 1 is 1.10 bits per heavy atom. The molecule has 0 radical (unpaired) electrons. The Morgan fingerprint density at radius 3 is 2.29 bits per heavy atom. The maximum Gasteiger partial charge on any atom is 0.494 e. The Hall–Kier alpha value is -0.445. The van der Waals surface area contributed by atoms with Gasteiger partial charge in [0.05, 0.1) is 11.2 Å². The van der Waals surface area contributed by atoms with Gasteiger partial charge in [-0.2, -0.15) is 11.8 Å². The maximum absolute atomic E-state index is 6.12. The molecule has 1 heterocycles. The molecule has 2 nitrogen and oxygen atoms in total. The summed E-state index contributed by atoms with van der Waals surface area (Å²) in [5.41, 5.74) is 1.91. The van der Waals surface area contributed by atoms with E-state index in [0.717, 1.165) is 17.1 Å². The quantitative estimate of drug-likeness (QED) is 0.769. The van der Waals surface area contributed by atoms with Gasteiger partial charge in [-0.05, 0) is 50.4 Å². The third-order valence-corrected chi connectivity index (χ3v) is 5.64. The van der Waals surface area contributed by atoms with Crippen molar-refractivity contribution in [2.24, 2.45) is 5.92 Å². The van der Waals surface area contributed by atoms with Crippen LogP contribution in [-0.4, -0.2) is 24.1 Å². The van der Waals surface area contributed by atoms with Crippen LogP contribution in [0.4, 0.5) is 0 Å². The number of hydrogen-bond acceptors (Lipinski definition) is 3. The predicted octanol–water partition coefficient (Wildman–Crippen LogP) is 3.88. The van der Waals surface area contributed by atoms with Gasteiger partial charge in [-0.3, -0.25) is 0 Å². The summed E-state index contributed by atoms with van der Waals surface area (Å²) in [5, 5.41) is 0. The van der Waals surface area contributed by atoms with Crippen LogP contribution in [0.3, 0.4) is 0 Å². The van der Waals surface area contributed by atoms with Crippen LogP contribution in [0.2, 0.25) is 0 Å². The lowest BCUT2D eigenvalue weighted by atomic mass is 9.78. The van der Waals surface area contributed by atoms with Gasteiger partial charge < -0.3 is 9.31 Å². The highest BCUT2D eigenvalue weighted by Gasteiger charge is 2.51. The van der Waals surface area contributed by atoms with Gasteiger partial charge in [0.2, 0.25) is 0 Å². The molecular weight excluding hydrogens is 279 g/mol. The Balaban J connectivity index is 2.05. The van der Waals surface area contributed by atoms with Crippen molar-refractivity contribution in [1.82, 2.24) is 0 Å². The van der Waals surface area contributed by atoms with E-state index in [1.807, 2.05) is 11.8 Å². The second-order valence-corrected chi connectivity index (χ2v) is 8.27. The van der Waals surface area contributed by atoms with E-state index < -0.39 is 0 Å². The summed E-state index contributed by atoms with van der Waals surface area (Å²) in [6.07, 6.45) is 0. The molecule has 0 aromatic heterocycles. The van der Waals surface area contributed by atoms with Gasteiger partial charge in [-0.1, -0.05) is 38.1 Å². The minimum Gasteiger partial charge on any atom is -0.399 e. The molecule has 1 aliphatic rings. The van der Waals surface area contributed by atoms with Gasteiger partial charge in [-0.25, -0.2) is 0 Å². The van der Waals surface area contributed by atoms with Crippen molar-refractivity contribution >= 4 is 24.3 Å². The predicted molar refractivity (Wildman–Crippen MR) is 93.2 cm³/mol. The van der Waals surface area contributed by atoms with E-state index in [9.17, 15) is 0 Å². The minimum atomic E-state index is -0.278. The summed E-state index contributed by atoms with van der Waals surface area (Å²) in [4.78, 5) is 0. The van der Waals surface area contributed by atoms with E-state index in [4.69, 9.17) is 9.31 Å². The first-order chi connectivity index (χ1) is 9.71. The molecule has 2 rings (SSSR count). The summed E-state index contributed by atoms with van der Waals surface area (Å²) in [7, 11) is -0.259. The fourth-order valence-corrected chi connectivity index (χ4v) is 3.23. The summed E-state index contributed by atoms with van der Waals surface area (Å²) in [5.74, 6) is 2.98. The lowest BCUT2D eigenvalue weighted by molar-refractivity contribution is 0.00578. The second kappa shape index (κ2) is 6.35. The van der Waals surface area contributed by atoms with Crippen LogP contribution in [0.5, 0.6) is 0 Å². The Morgan fingerprint density at radius 2 is 1.71 bits per heavy atom. The average Bonchev–Trinajstić information content (AvgIpc) is 2.58. The molecule has 0 amide bonds. The first kappa shape index (κ1) is 16.9. The first-order valence-corrected chi connectivity index (χ1v) is 8.89. The number of benzene rings is 1. The minimum absolute atomic E-state index is 0.259. The number of thioether (sulfide) groups is 1. The molecule has 0 N–H and O–H groups in total. The van der Waals surface area contributed by atoms with Crippen LogP contribution in [0.25, 0.3) is 0 Å². The van der Waals surface area contributed by atoms with E-state index in [1.165, 1.54) is 11.3 Å². The summed E-state index contributed by atoms with van der Waals surface area (Å²) < 4.78 is 12.2. The highest BCUT2D eigenvalue weighted by atomic mass is 32.2. The molecule has 116 valence electrons. The lowest BCUT2D eigenvalue weighted by Crippen LogP contribution is -2.41. The van der Waals surface area contributed by atoms with Crippen molar-refractivity contribution < 1.29 is 9.31 Å². The van der Waals surface area contributed by atoms with Crippen molar-refractivity contribution in [3.05, 3.63) is 29.8 Å². The van der Waals surface area contributed by atoms with E-state index in [-0.39, 0.29) is 18.3 Å². The molecule has 1 aromatic rings. The summed E-state index contributed by atoms with van der Waals surface area (Å²) >= 11 is 1.98. The highest BCUT2D eigenvalue weighted by molar-refractivity contribution is 7.98. The molecule has 0 bridgehead atoms. The third-order valence-electron chi connectivity index (χ3n) is 4.20. The molecule has 0 atom stereocenters. The van der Waals surface area contributed by atoms with Crippen LogP contribution in [0.15, 0.2) is 24.3 Å². The SMILES string of the molecule is CC(C)CSCc1cccc(B2OC(C)(C)C(C)(C)O2)c1. The number of rotatable bonds is 5. The molecule has 4 heteroatoms. The number of hydrogen-bond donors (Lipinski definition) is 0. The monoisotopic (exact) mass is 306 g/mol. The normalized spacial score (nSPS) is 20.2. The van der Waals surface area contributed by atoms with Crippen LogP contribution < -0.4 is 5.46 Å². The fourth-order valence-electron chi connectivity index (χ4n) is 2.22. The zero-order valence-corrected chi connectivity index (χ0v) is 14.9. The van der Waals surface area contributed by atoms with E-state index >= 15 is 0 Å². The molecule has 21 heavy (non-hydrogen) atoms. The molecule has 0 unspecified atom stereocenters. The van der Waals surface area contributed by atoms with Gasteiger partial charge in [0.25, 0.3) is 0 Å². The van der Waals surface area contributed by atoms with Gasteiger partial charge in [0.1, 0.15) is 0 Å². The topological polar surface area (TPSA) is 18.5 Å². The highest BCUT2D eigenvalue weighted by Crippen LogP contribution is 2.36. The largest absolute Gasteiger partial charge is 0.494 e. The Bertz CT molecular complexity index is 469. The zero-order valence-electron chi connectivity index (χ0n) is 14.1. The maximum atomic E-state index is 6.12. The van der Waals surface area contributed by atoms with Crippen molar-refractivity contribution in [2.45, 2.75) is 58.5 Å². The lowest BCUT2D eigenvalue weighted by Gasteiger charge is -2.32. The van der Waals surface area contributed by atoms with E-state index in [2.05, 4.69) is 65.8 Å². The van der Waals surface area contributed by atoms with Gasteiger partial charge in [0, 0.05) is 5.75 Å². The van der Waals surface area contributed by atoms with Crippen molar-refractivity contribution in [3.8, 4) is 0 Å². The molecule has 0 aliphatic carbocycles. The van der Waals surface area contributed by atoms with E-state index in [0.29, 0.717) is 0 Å². The van der Waals surface area contributed by atoms with Crippen LogP contribution in [0.1, 0.15) is 47.1 Å². The van der Waals surface area contributed by atoms with Crippen molar-refractivity contribution in [1.29, 1.82) is 0 Å². The standard InChI is InChI=1S/C17H27BO2S/c1-13(2)11-21-12-14-8-7-9-15(10-14)18-19-16(3,4)17(5,6)20-18/h7-10,13H,11-12H2,1-6H3.